The number of rotatable bonds is 3. The molecule has 7 nitrogen and oxygen atoms in total. The monoisotopic (exact) mass is 212 g/mol. The molecule has 0 aliphatic carbocycles. The van der Waals surface area contributed by atoms with Crippen molar-refractivity contribution in [2.75, 3.05) is 7.11 Å². The van der Waals surface area contributed by atoms with Crippen LogP contribution in [0.5, 0.6) is 0 Å². The highest BCUT2D eigenvalue weighted by atomic mass is 16.5. The Morgan fingerprint density at radius 2 is 2.20 bits per heavy atom. The van der Waals surface area contributed by atoms with Crippen molar-refractivity contribution in [3.8, 4) is 0 Å². The zero-order valence-electron chi connectivity index (χ0n) is 8.70. The van der Waals surface area contributed by atoms with E-state index in [4.69, 9.17) is 0 Å². The molecule has 0 bridgehead atoms. The number of methoxy groups -OCH3 is 1. The second kappa shape index (κ2) is 4.07. The van der Waals surface area contributed by atoms with Gasteiger partial charge in [0, 0.05) is 0 Å². The minimum Gasteiger partial charge on any atom is -0.467 e. The van der Waals surface area contributed by atoms with Crippen LogP contribution in [-0.4, -0.2) is 39.7 Å². The van der Waals surface area contributed by atoms with Gasteiger partial charge in [0.25, 0.3) is 5.91 Å². The molecule has 0 saturated carbocycles. The Morgan fingerprint density at radius 3 is 2.67 bits per heavy atom. The molecule has 1 heterocycles. The maximum atomic E-state index is 11.5. The molecule has 0 radical (unpaired) electrons. The number of nitrogens with zero attached hydrogens (tertiary/aromatic N) is 2. The van der Waals surface area contributed by atoms with Crippen LogP contribution in [0, 0.1) is 0 Å². The Kier molecular flexibility index (Phi) is 3.03. The Balaban J connectivity index is 2.70. The third kappa shape index (κ3) is 2.52. The lowest BCUT2D eigenvalue weighted by molar-refractivity contribution is -0.146. The number of amides is 1. The van der Waals surface area contributed by atoms with Gasteiger partial charge in [-0.3, -0.25) is 9.89 Å². The number of hydrogen-bond donors (Lipinski definition) is 2. The van der Waals surface area contributed by atoms with Crippen LogP contribution in [0.2, 0.25) is 0 Å². The first-order chi connectivity index (χ1) is 6.97. The number of aromatic amines is 1. The van der Waals surface area contributed by atoms with E-state index in [1.54, 1.807) is 0 Å². The predicted molar refractivity (Wildman–Crippen MR) is 49.9 cm³/mol. The SMILES string of the molecule is COC(=O)C(C)(C)NC(=O)c1ncn[nH]1. The Morgan fingerprint density at radius 1 is 1.53 bits per heavy atom. The van der Waals surface area contributed by atoms with Gasteiger partial charge in [0.15, 0.2) is 0 Å². The van der Waals surface area contributed by atoms with Gasteiger partial charge in [-0.05, 0) is 13.8 Å². The van der Waals surface area contributed by atoms with Gasteiger partial charge in [-0.25, -0.2) is 9.78 Å². The number of carbonyl (C=O) groups is 2. The zero-order valence-corrected chi connectivity index (χ0v) is 8.70. The largest absolute Gasteiger partial charge is 0.467 e. The molecule has 0 fully saturated rings. The predicted octanol–water partition coefficient (Wildman–Crippen LogP) is -0.514. The van der Waals surface area contributed by atoms with Gasteiger partial charge in [-0.1, -0.05) is 0 Å². The second-order valence-corrected chi connectivity index (χ2v) is 3.40. The highest BCUT2D eigenvalue weighted by Crippen LogP contribution is 2.05. The van der Waals surface area contributed by atoms with Gasteiger partial charge in [0.2, 0.25) is 5.82 Å². The van der Waals surface area contributed by atoms with E-state index in [9.17, 15) is 9.59 Å². The highest BCUT2D eigenvalue weighted by Gasteiger charge is 2.31. The molecule has 82 valence electrons. The zero-order chi connectivity index (χ0) is 11.5. The molecule has 1 rings (SSSR count). The van der Waals surface area contributed by atoms with E-state index < -0.39 is 17.4 Å². The molecular weight excluding hydrogens is 200 g/mol. The van der Waals surface area contributed by atoms with Crippen LogP contribution in [0.15, 0.2) is 6.33 Å². The molecule has 1 aromatic rings. The molecule has 0 aromatic carbocycles. The Hall–Kier alpha value is -1.92. The van der Waals surface area contributed by atoms with Gasteiger partial charge in [-0.2, -0.15) is 5.10 Å². The Bertz CT molecular complexity index is 358. The van der Waals surface area contributed by atoms with E-state index in [0.29, 0.717) is 0 Å². The topological polar surface area (TPSA) is 97.0 Å². The molecule has 0 unspecified atom stereocenters. The lowest BCUT2D eigenvalue weighted by Gasteiger charge is -2.22. The highest BCUT2D eigenvalue weighted by molar-refractivity contribution is 5.94. The van der Waals surface area contributed by atoms with Crippen molar-refractivity contribution in [2.45, 2.75) is 19.4 Å². The first-order valence-electron chi connectivity index (χ1n) is 4.23. The van der Waals surface area contributed by atoms with Crippen LogP contribution in [0.3, 0.4) is 0 Å². The number of esters is 1. The number of ether oxygens (including phenoxy) is 1. The second-order valence-electron chi connectivity index (χ2n) is 3.40. The van der Waals surface area contributed by atoms with Crippen molar-refractivity contribution in [3.05, 3.63) is 12.2 Å². The standard InChI is InChI=1S/C8H12N4O3/c1-8(2,7(14)15-3)11-6(13)5-9-4-10-12-5/h4H,1-3H3,(H,11,13)(H,9,10,12). The summed E-state index contributed by atoms with van der Waals surface area (Å²) in [6, 6.07) is 0. The third-order valence-corrected chi connectivity index (χ3v) is 1.75. The van der Waals surface area contributed by atoms with E-state index in [1.165, 1.54) is 27.3 Å². The fourth-order valence-electron chi connectivity index (χ4n) is 0.964. The summed E-state index contributed by atoms with van der Waals surface area (Å²) in [6.45, 7) is 3.07. The van der Waals surface area contributed by atoms with Gasteiger partial charge < -0.3 is 10.1 Å². The summed E-state index contributed by atoms with van der Waals surface area (Å²) < 4.78 is 4.53. The van der Waals surface area contributed by atoms with Gasteiger partial charge >= 0.3 is 5.97 Å². The fraction of sp³-hybridized carbons (Fsp3) is 0.500. The van der Waals surface area contributed by atoms with Crippen molar-refractivity contribution in [1.82, 2.24) is 20.5 Å². The number of nitrogens with one attached hydrogen (secondary N) is 2. The summed E-state index contributed by atoms with van der Waals surface area (Å²) in [6.07, 6.45) is 1.21. The summed E-state index contributed by atoms with van der Waals surface area (Å²) in [7, 11) is 1.25. The number of hydrogen-bond acceptors (Lipinski definition) is 5. The first kappa shape index (κ1) is 11.2. The van der Waals surface area contributed by atoms with Crippen molar-refractivity contribution in [3.63, 3.8) is 0 Å². The lowest BCUT2D eigenvalue weighted by atomic mass is 10.1. The van der Waals surface area contributed by atoms with Crippen LogP contribution < -0.4 is 5.32 Å². The van der Waals surface area contributed by atoms with Crippen LogP contribution in [-0.2, 0) is 9.53 Å². The van der Waals surface area contributed by atoms with Crippen molar-refractivity contribution in [2.24, 2.45) is 0 Å². The average Bonchev–Trinajstić information content (AvgIpc) is 2.68. The van der Waals surface area contributed by atoms with Gasteiger partial charge in [0.05, 0.1) is 7.11 Å². The summed E-state index contributed by atoms with van der Waals surface area (Å²) in [5, 5.41) is 8.38. The summed E-state index contributed by atoms with van der Waals surface area (Å²) in [5.74, 6) is -0.995. The van der Waals surface area contributed by atoms with E-state index in [-0.39, 0.29) is 5.82 Å². The van der Waals surface area contributed by atoms with Gasteiger partial charge in [-0.15, -0.1) is 0 Å². The van der Waals surface area contributed by atoms with E-state index >= 15 is 0 Å². The molecule has 2 N–H and O–H groups in total. The van der Waals surface area contributed by atoms with Crippen molar-refractivity contribution in [1.29, 1.82) is 0 Å². The third-order valence-electron chi connectivity index (χ3n) is 1.75. The van der Waals surface area contributed by atoms with Crippen LogP contribution in [0.25, 0.3) is 0 Å². The smallest absolute Gasteiger partial charge is 0.330 e. The van der Waals surface area contributed by atoms with Crippen molar-refractivity contribution < 1.29 is 14.3 Å². The summed E-state index contributed by atoms with van der Waals surface area (Å²) in [4.78, 5) is 26.4. The quantitative estimate of drug-likeness (QED) is 0.657. The molecular formula is C8H12N4O3. The summed E-state index contributed by atoms with van der Waals surface area (Å²) in [5.41, 5.74) is -1.10. The van der Waals surface area contributed by atoms with E-state index in [2.05, 4.69) is 25.2 Å². The van der Waals surface area contributed by atoms with Crippen LogP contribution in [0.4, 0.5) is 0 Å². The van der Waals surface area contributed by atoms with Crippen molar-refractivity contribution >= 4 is 11.9 Å². The maximum Gasteiger partial charge on any atom is 0.330 e. The Labute approximate surface area is 86.2 Å². The molecule has 0 aliphatic rings. The maximum absolute atomic E-state index is 11.5. The molecule has 1 amide bonds. The molecule has 0 saturated heterocycles. The minimum atomic E-state index is -1.10. The normalized spacial score (nSPS) is 10.9. The van der Waals surface area contributed by atoms with Crippen LogP contribution in [0.1, 0.15) is 24.5 Å². The molecule has 0 spiro atoms. The molecule has 0 aliphatic heterocycles. The van der Waals surface area contributed by atoms with E-state index in [0.717, 1.165) is 0 Å². The number of aromatic nitrogens is 3. The first-order valence-corrected chi connectivity index (χ1v) is 4.23. The summed E-state index contributed by atoms with van der Waals surface area (Å²) >= 11 is 0. The molecule has 1 aromatic heterocycles. The van der Waals surface area contributed by atoms with Gasteiger partial charge in [0.1, 0.15) is 11.9 Å². The average molecular weight is 212 g/mol. The fourth-order valence-corrected chi connectivity index (χ4v) is 0.964. The number of carbonyl (C=O) groups excluding carboxylic acids is 2. The molecule has 7 heteroatoms. The molecule has 0 atom stereocenters. The van der Waals surface area contributed by atoms with Crippen LogP contribution >= 0.6 is 0 Å². The number of H-pyrrole nitrogens is 1. The lowest BCUT2D eigenvalue weighted by Crippen LogP contribution is -2.50. The minimum absolute atomic E-state index is 0.0481. The molecule has 15 heavy (non-hydrogen) atoms. The van der Waals surface area contributed by atoms with E-state index in [1.807, 2.05) is 0 Å².